The highest BCUT2D eigenvalue weighted by Crippen LogP contribution is 2.46. The van der Waals surface area contributed by atoms with Crippen LogP contribution in [0, 0.1) is 5.82 Å². The number of hydrogen-bond donors (Lipinski definition) is 1. The summed E-state index contributed by atoms with van der Waals surface area (Å²) in [4.78, 5) is 29.1. The maximum absolute atomic E-state index is 13.2. The number of urea groups is 1. The molecule has 0 aliphatic carbocycles. The van der Waals surface area contributed by atoms with Crippen molar-refractivity contribution in [3.05, 3.63) is 64.6 Å². The zero-order valence-corrected chi connectivity index (χ0v) is 20.4. The first-order valence-corrected chi connectivity index (χ1v) is 11.7. The topological polar surface area (TPSA) is 61.9 Å². The molecule has 2 aromatic carbocycles. The number of anilines is 1. The minimum absolute atomic E-state index is 0.0314. The van der Waals surface area contributed by atoms with Gasteiger partial charge in [0.2, 0.25) is 0 Å². The summed E-state index contributed by atoms with van der Waals surface area (Å²) in [7, 11) is 1.61. The molecule has 2 aliphatic heterocycles. The lowest BCUT2D eigenvalue weighted by Crippen LogP contribution is -2.48. The predicted octanol–water partition coefficient (Wildman–Crippen LogP) is 5.43. The van der Waals surface area contributed by atoms with Gasteiger partial charge >= 0.3 is 6.03 Å². The van der Waals surface area contributed by atoms with Gasteiger partial charge < -0.3 is 15.0 Å². The molecule has 2 aliphatic rings. The second-order valence-electron chi connectivity index (χ2n) is 9.73. The first kappa shape index (κ1) is 23.8. The van der Waals surface area contributed by atoms with E-state index in [4.69, 9.17) is 4.74 Å². The van der Waals surface area contributed by atoms with Crippen molar-refractivity contribution < 1.29 is 18.7 Å². The number of methoxy groups -OCH3 is 1. The minimum Gasteiger partial charge on any atom is -0.496 e. The Kier molecular flexibility index (Phi) is 6.39. The zero-order valence-electron chi connectivity index (χ0n) is 20.4. The first-order valence-electron chi connectivity index (χ1n) is 11.7. The van der Waals surface area contributed by atoms with Gasteiger partial charge in [0.1, 0.15) is 17.3 Å². The van der Waals surface area contributed by atoms with Crippen LogP contribution in [-0.4, -0.2) is 36.0 Å². The Bertz CT molecular complexity index is 1140. The van der Waals surface area contributed by atoms with E-state index in [1.807, 2.05) is 6.07 Å². The number of carbonyl (C=O) groups excluding carboxylic acids is 2. The number of imide groups is 1. The van der Waals surface area contributed by atoms with E-state index in [-0.39, 0.29) is 23.6 Å². The maximum Gasteiger partial charge on any atom is 0.329 e. The predicted molar refractivity (Wildman–Crippen MR) is 131 cm³/mol. The van der Waals surface area contributed by atoms with Crippen LogP contribution >= 0.6 is 0 Å². The summed E-state index contributed by atoms with van der Waals surface area (Å²) >= 11 is 0. The number of rotatable bonds is 6. The van der Waals surface area contributed by atoms with Gasteiger partial charge in [0.25, 0.3) is 5.91 Å². The summed E-state index contributed by atoms with van der Waals surface area (Å²) in [6.45, 7) is 9.96. The van der Waals surface area contributed by atoms with Crippen molar-refractivity contribution in [3.63, 3.8) is 0 Å². The number of nitrogens with one attached hydrogen (secondary N) is 1. The van der Waals surface area contributed by atoms with E-state index in [9.17, 15) is 14.0 Å². The summed E-state index contributed by atoms with van der Waals surface area (Å²) in [6, 6.07) is 9.38. The highest BCUT2D eigenvalue weighted by Gasteiger charge is 2.37. The SMILES string of the molecule is CCCN1c2cc(OC)c(/C=C3/NC(=O)N(Cc4ccc(F)cc4)C3=O)cc2C(C)CC1(C)C. The zero-order chi connectivity index (χ0) is 24.6. The Morgan fingerprint density at radius 3 is 2.56 bits per heavy atom. The third kappa shape index (κ3) is 4.39. The number of hydrogen-bond acceptors (Lipinski definition) is 4. The molecule has 0 saturated carbocycles. The van der Waals surface area contributed by atoms with Gasteiger partial charge in [0.15, 0.2) is 0 Å². The Morgan fingerprint density at radius 1 is 1.21 bits per heavy atom. The highest BCUT2D eigenvalue weighted by atomic mass is 19.1. The number of ether oxygens (including phenoxy) is 1. The second-order valence-corrected chi connectivity index (χ2v) is 9.73. The fourth-order valence-corrected chi connectivity index (χ4v) is 5.11. The van der Waals surface area contributed by atoms with Crippen LogP contribution in [0.1, 0.15) is 63.1 Å². The summed E-state index contributed by atoms with van der Waals surface area (Å²) in [5.74, 6) is 0.202. The van der Waals surface area contributed by atoms with Crippen LogP contribution in [0.3, 0.4) is 0 Å². The van der Waals surface area contributed by atoms with Gasteiger partial charge in [-0.05, 0) is 68.0 Å². The molecule has 1 unspecified atom stereocenters. The molecular weight excluding hydrogens is 433 g/mol. The molecule has 0 radical (unpaired) electrons. The Labute approximate surface area is 200 Å². The van der Waals surface area contributed by atoms with Gasteiger partial charge in [-0.1, -0.05) is 26.0 Å². The standard InChI is InChI=1S/C27H32FN3O3/c1-6-11-31-23-14-24(34-5)19(12-21(23)17(2)15-27(31,3)4)13-22-25(32)30(26(33)29-22)16-18-7-9-20(28)10-8-18/h7-10,12-14,17H,6,11,15-16H2,1-5H3,(H,29,33)/b22-13+. The molecule has 2 aromatic rings. The van der Waals surface area contributed by atoms with E-state index in [1.54, 1.807) is 25.3 Å². The molecule has 1 fully saturated rings. The quantitative estimate of drug-likeness (QED) is 0.457. The molecule has 4 rings (SSSR count). The average Bonchev–Trinajstić information content (AvgIpc) is 3.05. The van der Waals surface area contributed by atoms with Crippen LogP contribution < -0.4 is 15.0 Å². The first-order chi connectivity index (χ1) is 16.1. The van der Waals surface area contributed by atoms with Crippen LogP contribution in [0.4, 0.5) is 14.9 Å². The van der Waals surface area contributed by atoms with Crippen LogP contribution in [0.25, 0.3) is 6.08 Å². The number of nitrogens with zero attached hydrogens (tertiary/aromatic N) is 2. The Balaban J connectivity index is 1.68. The third-order valence-corrected chi connectivity index (χ3v) is 6.70. The normalized spacial score (nSPS) is 20.5. The van der Waals surface area contributed by atoms with Crippen molar-refractivity contribution in [2.75, 3.05) is 18.6 Å². The largest absolute Gasteiger partial charge is 0.496 e. The average molecular weight is 466 g/mol. The smallest absolute Gasteiger partial charge is 0.329 e. The van der Waals surface area contributed by atoms with Crippen molar-refractivity contribution in [1.82, 2.24) is 10.2 Å². The molecule has 0 spiro atoms. The molecule has 34 heavy (non-hydrogen) atoms. The molecule has 1 atom stereocenters. The van der Waals surface area contributed by atoms with Gasteiger partial charge in [-0.3, -0.25) is 9.69 Å². The fourth-order valence-electron chi connectivity index (χ4n) is 5.11. The molecule has 0 aromatic heterocycles. The molecule has 6 nitrogen and oxygen atoms in total. The molecule has 2 heterocycles. The van der Waals surface area contributed by atoms with E-state index in [2.05, 4.69) is 44.0 Å². The minimum atomic E-state index is -0.498. The number of amides is 3. The van der Waals surface area contributed by atoms with Gasteiger partial charge in [-0.25, -0.2) is 9.18 Å². The van der Waals surface area contributed by atoms with Crippen molar-refractivity contribution in [2.45, 2.75) is 58.5 Å². The van der Waals surface area contributed by atoms with Crippen molar-refractivity contribution in [2.24, 2.45) is 0 Å². The van der Waals surface area contributed by atoms with E-state index in [1.165, 1.54) is 17.7 Å². The molecule has 7 heteroatoms. The molecular formula is C27H32FN3O3. The van der Waals surface area contributed by atoms with Gasteiger partial charge in [0, 0.05) is 29.4 Å². The molecule has 1 N–H and O–H groups in total. The number of carbonyl (C=O) groups is 2. The van der Waals surface area contributed by atoms with Gasteiger partial charge in [-0.2, -0.15) is 0 Å². The van der Waals surface area contributed by atoms with E-state index < -0.39 is 11.9 Å². The number of halogens is 1. The Morgan fingerprint density at radius 2 is 1.91 bits per heavy atom. The van der Waals surface area contributed by atoms with Crippen LogP contribution in [0.15, 0.2) is 42.1 Å². The fraction of sp³-hybridized carbons (Fsp3) is 0.407. The van der Waals surface area contributed by atoms with Crippen LogP contribution in [0.2, 0.25) is 0 Å². The van der Waals surface area contributed by atoms with E-state index >= 15 is 0 Å². The second kappa shape index (κ2) is 9.12. The number of fused-ring (bicyclic) bond motifs is 1. The molecule has 0 bridgehead atoms. The van der Waals surface area contributed by atoms with Gasteiger partial charge in [-0.15, -0.1) is 0 Å². The van der Waals surface area contributed by atoms with E-state index in [0.29, 0.717) is 17.2 Å². The van der Waals surface area contributed by atoms with Crippen molar-refractivity contribution in [3.8, 4) is 5.75 Å². The monoisotopic (exact) mass is 465 g/mol. The molecule has 180 valence electrons. The lowest BCUT2D eigenvalue weighted by atomic mass is 9.79. The van der Waals surface area contributed by atoms with Crippen LogP contribution in [0.5, 0.6) is 5.75 Å². The molecule has 3 amide bonds. The lowest BCUT2D eigenvalue weighted by molar-refractivity contribution is -0.123. The maximum atomic E-state index is 13.2. The summed E-state index contributed by atoms with van der Waals surface area (Å²) in [5, 5.41) is 2.68. The Hall–Kier alpha value is -3.35. The van der Waals surface area contributed by atoms with Crippen LogP contribution in [-0.2, 0) is 11.3 Å². The van der Waals surface area contributed by atoms with Crippen molar-refractivity contribution >= 4 is 23.7 Å². The lowest BCUT2D eigenvalue weighted by Gasteiger charge is -2.47. The molecule has 1 saturated heterocycles. The summed E-state index contributed by atoms with van der Waals surface area (Å²) in [6.07, 6.45) is 3.74. The van der Waals surface area contributed by atoms with Gasteiger partial charge in [0.05, 0.1) is 13.7 Å². The summed E-state index contributed by atoms with van der Waals surface area (Å²) in [5.41, 5.74) is 4.01. The van der Waals surface area contributed by atoms with Crippen molar-refractivity contribution in [1.29, 1.82) is 0 Å². The highest BCUT2D eigenvalue weighted by molar-refractivity contribution is 6.14. The summed E-state index contributed by atoms with van der Waals surface area (Å²) < 4.78 is 18.9. The number of benzene rings is 2. The third-order valence-electron chi connectivity index (χ3n) is 6.70. The van der Waals surface area contributed by atoms with E-state index in [0.717, 1.165) is 35.5 Å².